The number of ether oxygens (including phenoxy) is 2. The molecule has 0 aliphatic carbocycles. The maximum absolute atomic E-state index is 6.27. The first kappa shape index (κ1) is 13.5. The molecule has 1 aliphatic heterocycles. The Morgan fingerprint density at radius 2 is 1.32 bits per heavy atom. The van der Waals surface area contributed by atoms with Crippen LogP contribution in [0.3, 0.4) is 0 Å². The molecule has 4 heteroatoms. The van der Waals surface area contributed by atoms with Crippen molar-refractivity contribution in [2.24, 2.45) is 0 Å². The van der Waals surface area contributed by atoms with Gasteiger partial charge in [0.05, 0.1) is 0 Å². The fraction of sp³-hybridized carbons (Fsp3) is 0. The Labute approximate surface area is 137 Å². The number of rotatable bonds is 1. The molecule has 0 amide bonds. The Hall–Kier alpha value is -2.16. The molecule has 0 radical (unpaired) electrons. The Balaban J connectivity index is 1.77. The van der Waals surface area contributed by atoms with Gasteiger partial charge >= 0.3 is 0 Å². The summed E-state index contributed by atoms with van der Waals surface area (Å²) in [5.74, 6) is 2.77. The van der Waals surface area contributed by atoms with Gasteiger partial charge in [0.2, 0.25) is 0 Å². The summed E-state index contributed by atoms with van der Waals surface area (Å²) in [5, 5.41) is 1.21. The standard InChI is InChI=1S/C18H10Cl2O2/c19-12-6-7-13(14(20)10-12)11-5-8-17-18(9-11)22-16-4-2-1-3-15(16)21-17/h1-10H. The van der Waals surface area contributed by atoms with E-state index in [0.717, 1.165) is 11.1 Å². The number of hydrogen-bond acceptors (Lipinski definition) is 2. The highest BCUT2D eigenvalue weighted by molar-refractivity contribution is 6.36. The molecule has 1 aliphatic rings. The summed E-state index contributed by atoms with van der Waals surface area (Å²) in [6.45, 7) is 0. The average molecular weight is 329 g/mol. The van der Waals surface area contributed by atoms with Gasteiger partial charge in [-0.1, -0.05) is 47.5 Å². The third kappa shape index (κ3) is 2.31. The lowest BCUT2D eigenvalue weighted by Crippen LogP contribution is -1.98. The van der Waals surface area contributed by atoms with Crippen molar-refractivity contribution in [3.63, 3.8) is 0 Å². The van der Waals surface area contributed by atoms with Gasteiger partial charge in [-0.3, -0.25) is 0 Å². The van der Waals surface area contributed by atoms with Crippen molar-refractivity contribution < 1.29 is 9.47 Å². The van der Waals surface area contributed by atoms with Gasteiger partial charge in [-0.05, 0) is 42.0 Å². The second-order valence-corrected chi connectivity index (χ2v) is 5.78. The van der Waals surface area contributed by atoms with E-state index >= 15 is 0 Å². The Morgan fingerprint density at radius 3 is 2.05 bits per heavy atom. The molecule has 3 aromatic rings. The molecule has 0 bridgehead atoms. The molecule has 0 aromatic heterocycles. The van der Waals surface area contributed by atoms with Crippen LogP contribution in [0.25, 0.3) is 11.1 Å². The zero-order chi connectivity index (χ0) is 15.1. The molecule has 0 fully saturated rings. The van der Waals surface area contributed by atoms with E-state index in [4.69, 9.17) is 32.7 Å². The van der Waals surface area contributed by atoms with Gasteiger partial charge in [0.15, 0.2) is 23.0 Å². The number of para-hydroxylation sites is 2. The average Bonchev–Trinajstić information content (AvgIpc) is 2.52. The third-order valence-electron chi connectivity index (χ3n) is 3.47. The largest absolute Gasteiger partial charge is 0.450 e. The predicted molar refractivity (Wildman–Crippen MR) is 88.5 cm³/mol. The summed E-state index contributed by atoms with van der Waals surface area (Å²) in [4.78, 5) is 0. The quantitative estimate of drug-likeness (QED) is 0.394. The first-order valence-corrected chi connectivity index (χ1v) is 7.50. The summed E-state index contributed by atoms with van der Waals surface area (Å²) in [6.07, 6.45) is 0. The van der Waals surface area contributed by atoms with Gasteiger partial charge in [-0.15, -0.1) is 0 Å². The van der Waals surface area contributed by atoms with Gasteiger partial charge in [-0.25, -0.2) is 0 Å². The van der Waals surface area contributed by atoms with E-state index < -0.39 is 0 Å². The van der Waals surface area contributed by atoms with Gasteiger partial charge in [0.1, 0.15) is 0 Å². The first-order valence-electron chi connectivity index (χ1n) is 6.75. The molecule has 1 heterocycles. The van der Waals surface area contributed by atoms with Crippen molar-refractivity contribution in [3.8, 4) is 34.1 Å². The van der Waals surface area contributed by atoms with Crippen molar-refractivity contribution in [2.45, 2.75) is 0 Å². The van der Waals surface area contributed by atoms with Crippen LogP contribution in [-0.4, -0.2) is 0 Å². The lowest BCUT2D eigenvalue weighted by Gasteiger charge is -2.21. The topological polar surface area (TPSA) is 18.5 Å². The van der Waals surface area contributed by atoms with Gasteiger partial charge < -0.3 is 9.47 Å². The number of fused-ring (bicyclic) bond motifs is 2. The van der Waals surface area contributed by atoms with Crippen molar-refractivity contribution >= 4 is 23.2 Å². The lowest BCUT2D eigenvalue weighted by atomic mass is 10.0. The molecular formula is C18H10Cl2O2. The van der Waals surface area contributed by atoms with Crippen LogP contribution in [0.5, 0.6) is 23.0 Å². The van der Waals surface area contributed by atoms with Crippen LogP contribution in [0.4, 0.5) is 0 Å². The third-order valence-corrected chi connectivity index (χ3v) is 4.02. The molecule has 22 heavy (non-hydrogen) atoms. The fourth-order valence-corrected chi connectivity index (χ4v) is 2.94. The van der Waals surface area contributed by atoms with Crippen LogP contribution in [0.15, 0.2) is 60.7 Å². The highest BCUT2D eigenvalue weighted by Crippen LogP contribution is 2.46. The van der Waals surface area contributed by atoms with E-state index in [1.807, 2.05) is 54.6 Å². The van der Waals surface area contributed by atoms with Crippen LogP contribution in [0, 0.1) is 0 Å². The summed E-state index contributed by atoms with van der Waals surface area (Å²) >= 11 is 12.2. The van der Waals surface area contributed by atoms with Crippen molar-refractivity contribution in [2.75, 3.05) is 0 Å². The lowest BCUT2D eigenvalue weighted by molar-refractivity contribution is 0.360. The monoisotopic (exact) mass is 328 g/mol. The summed E-state index contributed by atoms with van der Waals surface area (Å²) in [6, 6.07) is 18.8. The maximum atomic E-state index is 6.27. The van der Waals surface area contributed by atoms with Gasteiger partial charge in [-0.2, -0.15) is 0 Å². The first-order chi connectivity index (χ1) is 10.7. The maximum Gasteiger partial charge on any atom is 0.170 e. The van der Waals surface area contributed by atoms with Crippen molar-refractivity contribution in [1.29, 1.82) is 0 Å². The summed E-state index contributed by atoms with van der Waals surface area (Å²) in [5.41, 5.74) is 1.85. The molecule has 108 valence electrons. The minimum Gasteiger partial charge on any atom is -0.450 e. The Kier molecular flexibility index (Phi) is 3.21. The van der Waals surface area contributed by atoms with Crippen LogP contribution in [0.1, 0.15) is 0 Å². The van der Waals surface area contributed by atoms with Gasteiger partial charge in [0, 0.05) is 15.6 Å². The smallest absolute Gasteiger partial charge is 0.170 e. The molecule has 2 nitrogen and oxygen atoms in total. The number of benzene rings is 3. The minimum absolute atomic E-state index is 0.601. The van der Waals surface area contributed by atoms with Crippen LogP contribution in [0.2, 0.25) is 10.0 Å². The zero-order valence-electron chi connectivity index (χ0n) is 11.3. The highest BCUT2D eigenvalue weighted by Gasteiger charge is 2.19. The molecule has 0 unspecified atom stereocenters. The van der Waals surface area contributed by atoms with E-state index in [0.29, 0.717) is 33.0 Å². The zero-order valence-corrected chi connectivity index (χ0v) is 12.9. The number of hydrogen-bond donors (Lipinski definition) is 0. The fourth-order valence-electron chi connectivity index (χ4n) is 2.42. The molecule has 4 rings (SSSR count). The molecule has 0 spiro atoms. The molecule has 0 N–H and O–H groups in total. The van der Waals surface area contributed by atoms with Gasteiger partial charge in [0.25, 0.3) is 0 Å². The van der Waals surface area contributed by atoms with E-state index in [2.05, 4.69) is 0 Å². The van der Waals surface area contributed by atoms with Crippen LogP contribution >= 0.6 is 23.2 Å². The van der Waals surface area contributed by atoms with Crippen molar-refractivity contribution in [1.82, 2.24) is 0 Å². The van der Waals surface area contributed by atoms with Crippen LogP contribution in [-0.2, 0) is 0 Å². The molecular weight excluding hydrogens is 319 g/mol. The molecule has 0 saturated carbocycles. The normalized spacial score (nSPS) is 11.9. The van der Waals surface area contributed by atoms with E-state index in [1.165, 1.54) is 0 Å². The summed E-state index contributed by atoms with van der Waals surface area (Å²) in [7, 11) is 0. The second kappa shape index (κ2) is 5.24. The predicted octanol–water partition coefficient (Wildman–Crippen LogP) is 6.56. The Morgan fingerprint density at radius 1 is 0.636 bits per heavy atom. The van der Waals surface area contributed by atoms with Crippen LogP contribution < -0.4 is 9.47 Å². The molecule has 0 atom stereocenters. The minimum atomic E-state index is 0.601. The van der Waals surface area contributed by atoms with E-state index in [-0.39, 0.29) is 0 Å². The molecule has 3 aromatic carbocycles. The van der Waals surface area contributed by atoms with E-state index in [9.17, 15) is 0 Å². The Bertz CT molecular complexity index is 875. The summed E-state index contributed by atoms with van der Waals surface area (Å²) < 4.78 is 11.7. The van der Waals surface area contributed by atoms with E-state index in [1.54, 1.807) is 6.07 Å². The SMILES string of the molecule is Clc1ccc(-c2ccc3c(c2)Oc2ccccc2O3)c(Cl)c1. The van der Waals surface area contributed by atoms with Crippen molar-refractivity contribution in [3.05, 3.63) is 70.7 Å². The highest BCUT2D eigenvalue weighted by atomic mass is 35.5. The number of halogens is 2. The molecule has 0 saturated heterocycles. The second-order valence-electron chi connectivity index (χ2n) is 4.94.